The second kappa shape index (κ2) is 8.73. The zero-order valence-corrected chi connectivity index (χ0v) is 19.5. The maximum absolute atomic E-state index is 6.41. The number of likely N-dealkylation sites (N-methyl/N-ethyl adjacent to an activating group) is 1. The number of nitrogen functional groups attached to an aromatic ring is 1. The number of anilines is 2. The smallest absolute Gasteiger partial charge is 0.152 e. The van der Waals surface area contributed by atoms with Crippen LogP contribution in [0.1, 0.15) is 18.9 Å². The number of ether oxygens (including phenoxy) is 1. The normalized spacial score (nSPS) is 18.1. The van der Waals surface area contributed by atoms with E-state index in [1.165, 1.54) is 12.0 Å². The summed E-state index contributed by atoms with van der Waals surface area (Å²) in [5.74, 6) is 0.464. The summed E-state index contributed by atoms with van der Waals surface area (Å²) in [4.78, 5) is 9.13. The van der Waals surface area contributed by atoms with Crippen molar-refractivity contribution in [1.82, 2.24) is 29.3 Å². The predicted octanol–water partition coefficient (Wildman–Crippen LogP) is 2.95. The molecule has 34 heavy (non-hydrogen) atoms. The van der Waals surface area contributed by atoms with E-state index in [2.05, 4.69) is 73.1 Å². The molecule has 0 spiro atoms. The van der Waals surface area contributed by atoms with Gasteiger partial charge in [-0.3, -0.25) is 4.68 Å². The lowest BCUT2D eigenvalue weighted by Gasteiger charge is -2.34. The molecule has 4 aromatic rings. The molecule has 0 amide bonds. The minimum atomic E-state index is 0.309. The topological polar surface area (TPSA) is 89.7 Å². The Bertz CT molecular complexity index is 1300. The minimum Gasteiger partial charge on any atom is -0.382 e. The summed E-state index contributed by atoms with van der Waals surface area (Å²) < 4.78 is 9.61. The Morgan fingerprint density at radius 1 is 0.971 bits per heavy atom. The van der Waals surface area contributed by atoms with Gasteiger partial charge in [-0.2, -0.15) is 10.2 Å². The number of piperazine rings is 1. The molecule has 0 atom stereocenters. The minimum absolute atomic E-state index is 0.309. The number of aromatic nitrogens is 5. The molecule has 2 fully saturated rings. The summed E-state index contributed by atoms with van der Waals surface area (Å²) in [7, 11) is 2.18. The van der Waals surface area contributed by atoms with Crippen LogP contribution in [0.4, 0.5) is 11.5 Å². The summed E-state index contributed by atoms with van der Waals surface area (Å²) >= 11 is 0. The van der Waals surface area contributed by atoms with Gasteiger partial charge in [-0.15, -0.1) is 0 Å². The van der Waals surface area contributed by atoms with Crippen molar-refractivity contribution in [2.24, 2.45) is 0 Å². The molecule has 0 unspecified atom stereocenters. The Morgan fingerprint density at radius 3 is 2.62 bits per heavy atom. The molecular weight excluding hydrogens is 428 g/mol. The van der Waals surface area contributed by atoms with Crippen LogP contribution in [0.2, 0.25) is 0 Å². The highest BCUT2D eigenvalue weighted by Crippen LogP contribution is 2.37. The molecule has 0 radical (unpaired) electrons. The first-order valence-electron chi connectivity index (χ1n) is 12.0. The van der Waals surface area contributed by atoms with Gasteiger partial charge in [0.05, 0.1) is 17.4 Å². The fourth-order valence-electron chi connectivity index (χ4n) is 5.14. The van der Waals surface area contributed by atoms with Crippen molar-refractivity contribution in [3.05, 3.63) is 48.9 Å². The highest BCUT2D eigenvalue weighted by Gasteiger charge is 2.24. The fourth-order valence-corrected chi connectivity index (χ4v) is 5.14. The van der Waals surface area contributed by atoms with Gasteiger partial charge in [-0.25, -0.2) is 9.50 Å². The van der Waals surface area contributed by atoms with Crippen molar-refractivity contribution in [3.8, 4) is 22.5 Å². The van der Waals surface area contributed by atoms with E-state index in [-0.39, 0.29) is 0 Å². The average Bonchev–Trinajstić information content (AvgIpc) is 3.51. The van der Waals surface area contributed by atoms with E-state index in [0.29, 0.717) is 11.9 Å². The van der Waals surface area contributed by atoms with E-state index in [4.69, 9.17) is 10.5 Å². The maximum atomic E-state index is 6.41. The van der Waals surface area contributed by atoms with Crippen LogP contribution in [-0.4, -0.2) is 75.7 Å². The number of nitrogens with zero attached hydrogens (tertiary/aromatic N) is 7. The molecule has 3 aromatic heterocycles. The van der Waals surface area contributed by atoms with Crippen molar-refractivity contribution in [2.75, 3.05) is 57.1 Å². The van der Waals surface area contributed by atoms with Crippen molar-refractivity contribution in [2.45, 2.75) is 18.9 Å². The number of hydrogen-bond donors (Lipinski definition) is 1. The van der Waals surface area contributed by atoms with E-state index >= 15 is 0 Å². The van der Waals surface area contributed by atoms with Crippen LogP contribution in [0, 0.1) is 0 Å². The molecule has 2 aliphatic rings. The number of benzene rings is 1. The zero-order chi connectivity index (χ0) is 23.1. The second-order valence-corrected chi connectivity index (χ2v) is 9.19. The SMILES string of the molecule is CN1CCN(c2cccc(-c3cc(-c4ccnn4C4CCOCC4)c4c(N)ncnn34)c2)CC1. The van der Waals surface area contributed by atoms with Gasteiger partial charge in [0.25, 0.3) is 0 Å². The van der Waals surface area contributed by atoms with E-state index in [1.54, 1.807) is 0 Å². The molecule has 6 rings (SSSR count). The Labute approximate surface area is 198 Å². The highest BCUT2D eigenvalue weighted by molar-refractivity contribution is 5.91. The molecule has 9 heteroatoms. The van der Waals surface area contributed by atoms with Gasteiger partial charge in [0.15, 0.2) is 5.82 Å². The van der Waals surface area contributed by atoms with Crippen LogP contribution in [0.3, 0.4) is 0 Å². The molecule has 1 aromatic carbocycles. The molecule has 2 saturated heterocycles. The molecule has 5 heterocycles. The lowest BCUT2D eigenvalue weighted by molar-refractivity contribution is 0.0667. The van der Waals surface area contributed by atoms with E-state index in [1.807, 2.05) is 10.7 Å². The largest absolute Gasteiger partial charge is 0.382 e. The quantitative estimate of drug-likeness (QED) is 0.503. The van der Waals surface area contributed by atoms with E-state index in [0.717, 1.165) is 80.3 Å². The molecule has 9 nitrogen and oxygen atoms in total. The Balaban J connectivity index is 1.45. The van der Waals surface area contributed by atoms with Gasteiger partial charge in [-0.05, 0) is 44.2 Å². The third kappa shape index (κ3) is 3.70. The summed E-state index contributed by atoms with van der Waals surface area (Å²) in [6, 6.07) is 13.2. The maximum Gasteiger partial charge on any atom is 0.152 e. The van der Waals surface area contributed by atoms with Crippen molar-refractivity contribution in [3.63, 3.8) is 0 Å². The van der Waals surface area contributed by atoms with Crippen molar-refractivity contribution < 1.29 is 4.74 Å². The second-order valence-electron chi connectivity index (χ2n) is 9.19. The molecule has 2 N–H and O–H groups in total. The lowest BCUT2D eigenvalue weighted by Crippen LogP contribution is -2.44. The highest BCUT2D eigenvalue weighted by atomic mass is 16.5. The molecule has 176 valence electrons. The number of nitrogens with two attached hydrogens (primary N) is 1. The van der Waals surface area contributed by atoms with Crippen LogP contribution >= 0.6 is 0 Å². The van der Waals surface area contributed by atoms with E-state index < -0.39 is 0 Å². The van der Waals surface area contributed by atoms with E-state index in [9.17, 15) is 0 Å². The van der Waals surface area contributed by atoms with Gasteiger partial charge in [0, 0.05) is 62.4 Å². The van der Waals surface area contributed by atoms with Crippen LogP contribution in [0.15, 0.2) is 48.9 Å². The fraction of sp³-hybridized carbons (Fsp3) is 0.400. The van der Waals surface area contributed by atoms with Crippen LogP contribution in [0.5, 0.6) is 0 Å². The molecular formula is C25H30N8O. The first-order chi connectivity index (χ1) is 16.7. The predicted molar refractivity (Wildman–Crippen MR) is 133 cm³/mol. The molecule has 2 aliphatic heterocycles. The lowest BCUT2D eigenvalue weighted by atomic mass is 10.1. The van der Waals surface area contributed by atoms with Gasteiger partial charge >= 0.3 is 0 Å². The number of hydrogen-bond acceptors (Lipinski definition) is 7. The average molecular weight is 459 g/mol. The Morgan fingerprint density at radius 2 is 1.79 bits per heavy atom. The summed E-state index contributed by atoms with van der Waals surface area (Å²) in [6.07, 6.45) is 5.29. The van der Waals surface area contributed by atoms with Gasteiger partial charge in [-0.1, -0.05) is 12.1 Å². The summed E-state index contributed by atoms with van der Waals surface area (Å²) in [5.41, 5.74) is 12.6. The first kappa shape index (κ1) is 21.1. The van der Waals surface area contributed by atoms with Gasteiger partial charge in [0.1, 0.15) is 11.8 Å². The van der Waals surface area contributed by atoms with Crippen molar-refractivity contribution in [1.29, 1.82) is 0 Å². The standard InChI is InChI=1S/C25H30N8O/c1-30-9-11-31(12-10-30)20-4-2-3-18(15-20)23-16-21(24-25(26)27-17-29-33(23)24)22-5-8-28-32(22)19-6-13-34-14-7-19/h2-5,8,15-17,19H,6-7,9-14H2,1H3,(H2,26,27,29). The van der Waals surface area contributed by atoms with Crippen molar-refractivity contribution >= 4 is 17.0 Å². The van der Waals surface area contributed by atoms with Gasteiger partial charge < -0.3 is 20.3 Å². The monoisotopic (exact) mass is 458 g/mol. The summed E-state index contributed by atoms with van der Waals surface area (Å²) in [5, 5.41) is 9.27. The Hall–Kier alpha value is -3.43. The van der Waals surface area contributed by atoms with Crippen LogP contribution in [-0.2, 0) is 4.74 Å². The summed E-state index contributed by atoms with van der Waals surface area (Å²) in [6.45, 7) is 5.72. The zero-order valence-electron chi connectivity index (χ0n) is 19.5. The first-order valence-corrected chi connectivity index (χ1v) is 12.0. The number of fused-ring (bicyclic) bond motifs is 1. The van der Waals surface area contributed by atoms with Crippen LogP contribution < -0.4 is 10.6 Å². The molecule has 0 aliphatic carbocycles. The molecule has 0 bridgehead atoms. The molecule has 0 saturated carbocycles. The van der Waals surface area contributed by atoms with Gasteiger partial charge in [0.2, 0.25) is 0 Å². The Kier molecular flexibility index (Phi) is 5.43. The van der Waals surface area contributed by atoms with Crippen LogP contribution in [0.25, 0.3) is 28.0 Å². The third-order valence-electron chi connectivity index (χ3n) is 7.08. The third-order valence-corrected chi connectivity index (χ3v) is 7.08. The number of rotatable bonds is 4.